The van der Waals surface area contributed by atoms with Crippen LogP contribution in [-0.4, -0.2) is 54.4 Å². The van der Waals surface area contributed by atoms with E-state index in [0.717, 1.165) is 0 Å². The number of ether oxygens (including phenoxy) is 1. The fraction of sp³-hybridized carbons (Fsp3) is 0.727. The Morgan fingerprint density at radius 2 is 2.28 bits per heavy atom. The Bertz CT molecular complexity index is 353. The highest BCUT2D eigenvalue weighted by molar-refractivity contribution is 5.74. The average molecular weight is 255 g/mol. The van der Waals surface area contributed by atoms with E-state index in [-0.39, 0.29) is 18.6 Å². The summed E-state index contributed by atoms with van der Waals surface area (Å²) in [5, 5.41) is 19.8. The summed E-state index contributed by atoms with van der Waals surface area (Å²) in [5.74, 6) is -0.963. The van der Waals surface area contributed by atoms with Crippen molar-refractivity contribution < 1.29 is 19.4 Å². The summed E-state index contributed by atoms with van der Waals surface area (Å²) < 4.78 is 5.25. The first kappa shape index (κ1) is 14.3. The van der Waals surface area contributed by atoms with Gasteiger partial charge in [-0.1, -0.05) is 0 Å². The molecule has 1 saturated heterocycles. The van der Waals surface area contributed by atoms with Gasteiger partial charge in [0.2, 0.25) is 0 Å². The molecule has 0 bridgehead atoms. The number of nitrogens with one attached hydrogen (secondary N) is 1. The molecule has 2 unspecified atom stereocenters. The zero-order valence-corrected chi connectivity index (χ0v) is 10.3. The molecule has 18 heavy (non-hydrogen) atoms. The quantitative estimate of drug-likeness (QED) is 0.729. The number of rotatable bonds is 5. The van der Waals surface area contributed by atoms with Crippen molar-refractivity contribution in [2.45, 2.75) is 31.5 Å². The van der Waals surface area contributed by atoms with Crippen molar-refractivity contribution in [3.05, 3.63) is 0 Å². The van der Waals surface area contributed by atoms with Gasteiger partial charge in [0, 0.05) is 20.1 Å². The van der Waals surface area contributed by atoms with Crippen LogP contribution in [0.3, 0.4) is 0 Å². The van der Waals surface area contributed by atoms with Crippen LogP contribution in [0, 0.1) is 11.3 Å². The summed E-state index contributed by atoms with van der Waals surface area (Å²) in [7, 11) is 1.60. The van der Waals surface area contributed by atoms with Crippen molar-refractivity contribution in [1.29, 1.82) is 5.26 Å². The molecular weight excluding hydrogens is 238 g/mol. The molecule has 2 amide bonds. The van der Waals surface area contributed by atoms with Gasteiger partial charge in [-0.25, -0.2) is 9.59 Å². The third-order valence-corrected chi connectivity index (χ3v) is 2.77. The lowest BCUT2D eigenvalue weighted by Gasteiger charge is -2.18. The Morgan fingerprint density at radius 3 is 2.83 bits per heavy atom. The van der Waals surface area contributed by atoms with E-state index in [9.17, 15) is 9.59 Å². The van der Waals surface area contributed by atoms with Gasteiger partial charge < -0.3 is 20.1 Å². The number of nitriles is 1. The van der Waals surface area contributed by atoms with Crippen LogP contribution >= 0.6 is 0 Å². The number of carboxylic acids is 1. The molecule has 0 spiro atoms. The van der Waals surface area contributed by atoms with E-state index in [0.29, 0.717) is 25.9 Å². The summed E-state index contributed by atoms with van der Waals surface area (Å²) in [6, 6.07) is 1.67. The maximum atomic E-state index is 11.6. The molecule has 1 aliphatic heterocycles. The van der Waals surface area contributed by atoms with Crippen molar-refractivity contribution in [2.24, 2.45) is 0 Å². The minimum Gasteiger partial charge on any atom is -0.479 e. The molecule has 0 aliphatic carbocycles. The van der Waals surface area contributed by atoms with Crippen LogP contribution in [0.5, 0.6) is 0 Å². The molecule has 7 nitrogen and oxygen atoms in total. The predicted molar refractivity (Wildman–Crippen MR) is 61.8 cm³/mol. The van der Waals surface area contributed by atoms with Crippen LogP contribution in [0.15, 0.2) is 0 Å². The maximum absolute atomic E-state index is 11.6. The Hall–Kier alpha value is -1.81. The summed E-state index contributed by atoms with van der Waals surface area (Å²) in [4.78, 5) is 23.6. The number of hydrogen-bond donors (Lipinski definition) is 2. The second kappa shape index (κ2) is 6.81. The first-order valence-electron chi connectivity index (χ1n) is 5.78. The number of urea groups is 1. The van der Waals surface area contributed by atoms with E-state index >= 15 is 0 Å². The topological polar surface area (TPSA) is 103 Å². The number of hydrogen-bond acceptors (Lipinski definition) is 4. The Labute approximate surface area is 105 Å². The normalized spacial score (nSPS) is 22.2. The van der Waals surface area contributed by atoms with Crippen molar-refractivity contribution in [1.82, 2.24) is 10.2 Å². The molecule has 0 aromatic heterocycles. The van der Waals surface area contributed by atoms with E-state index in [1.54, 1.807) is 7.05 Å². The molecular formula is C11H17N3O4. The SMILES string of the molecule is CN(CCC#N)C(=O)NCC1CCC(C(=O)O)O1. The number of aliphatic carboxylic acids is 1. The summed E-state index contributed by atoms with van der Waals surface area (Å²) in [6.07, 6.45) is 0.368. The minimum atomic E-state index is -0.963. The van der Waals surface area contributed by atoms with E-state index in [4.69, 9.17) is 15.1 Å². The van der Waals surface area contributed by atoms with Crippen molar-refractivity contribution in [3.63, 3.8) is 0 Å². The number of carboxylic acid groups (broad SMARTS) is 1. The molecule has 2 N–H and O–H groups in total. The van der Waals surface area contributed by atoms with Crippen LogP contribution in [0.2, 0.25) is 0 Å². The Kier molecular flexibility index (Phi) is 5.39. The first-order chi connectivity index (χ1) is 8.54. The average Bonchev–Trinajstić information content (AvgIpc) is 2.81. The smallest absolute Gasteiger partial charge is 0.332 e. The Morgan fingerprint density at radius 1 is 1.56 bits per heavy atom. The minimum absolute atomic E-state index is 0.251. The summed E-state index contributed by atoms with van der Waals surface area (Å²) >= 11 is 0. The Balaban J connectivity index is 2.23. The predicted octanol–water partition coefficient (Wildman–Crippen LogP) is 0.174. The van der Waals surface area contributed by atoms with E-state index in [1.165, 1.54) is 4.90 Å². The standard InChI is InChI=1S/C11H17N3O4/c1-14(6-2-5-12)11(17)13-7-8-3-4-9(18-8)10(15)16/h8-9H,2-4,6-7H2,1H3,(H,13,17)(H,15,16). The lowest BCUT2D eigenvalue weighted by Crippen LogP contribution is -2.41. The highest BCUT2D eigenvalue weighted by Crippen LogP contribution is 2.19. The van der Waals surface area contributed by atoms with E-state index < -0.39 is 12.1 Å². The number of nitrogens with zero attached hydrogens (tertiary/aromatic N) is 2. The highest BCUT2D eigenvalue weighted by atomic mass is 16.5. The van der Waals surface area contributed by atoms with Crippen LogP contribution in [0.4, 0.5) is 4.79 Å². The first-order valence-corrected chi connectivity index (χ1v) is 5.78. The zero-order chi connectivity index (χ0) is 13.5. The molecule has 2 atom stereocenters. The van der Waals surface area contributed by atoms with Crippen LogP contribution in [0.25, 0.3) is 0 Å². The van der Waals surface area contributed by atoms with Gasteiger partial charge in [0.1, 0.15) is 0 Å². The largest absolute Gasteiger partial charge is 0.479 e. The molecule has 0 saturated carbocycles. The van der Waals surface area contributed by atoms with E-state index in [1.807, 2.05) is 6.07 Å². The molecule has 0 radical (unpaired) electrons. The van der Waals surface area contributed by atoms with Crippen LogP contribution in [-0.2, 0) is 9.53 Å². The van der Waals surface area contributed by atoms with Crippen molar-refractivity contribution >= 4 is 12.0 Å². The molecule has 1 fully saturated rings. The number of amides is 2. The maximum Gasteiger partial charge on any atom is 0.332 e. The molecule has 7 heteroatoms. The van der Waals surface area contributed by atoms with Crippen molar-refractivity contribution in [3.8, 4) is 6.07 Å². The second-order valence-electron chi connectivity index (χ2n) is 4.18. The van der Waals surface area contributed by atoms with Gasteiger partial charge in [-0.3, -0.25) is 0 Å². The van der Waals surface area contributed by atoms with Crippen LogP contribution < -0.4 is 5.32 Å². The zero-order valence-electron chi connectivity index (χ0n) is 10.3. The molecule has 1 rings (SSSR count). The summed E-state index contributed by atoms with van der Waals surface area (Å²) in [5.41, 5.74) is 0. The second-order valence-corrected chi connectivity index (χ2v) is 4.18. The summed E-state index contributed by atoms with van der Waals surface area (Å²) in [6.45, 7) is 0.658. The van der Waals surface area contributed by atoms with Crippen molar-refractivity contribution in [2.75, 3.05) is 20.1 Å². The molecule has 100 valence electrons. The van der Waals surface area contributed by atoms with Gasteiger partial charge in [0.25, 0.3) is 0 Å². The lowest BCUT2D eigenvalue weighted by atomic mass is 10.2. The van der Waals surface area contributed by atoms with E-state index in [2.05, 4.69) is 5.32 Å². The van der Waals surface area contributed by atoms with Gasteiger partial charge in [-0.05, 0) is 12.8 Å². The fourth-order valence-electron chi connectivity index (χ4n) is 1.69. The fourth-order valence-corrected chi connectivity index (χ4v) is 1.69. The molecule has 0 aromatic rings. The number of carbonyl (C=O) groups excluding carboxylic acids is 1. The van der Waals surface area contributed by atoms with Gasteiger partial charge in [-0.15, -0.1) is 0 Å². The highest BCUT2D eigenvalue weighted by Gasteiger charge is 2.30. The molecule has 1 heterocycles. The van der Waals surface area contributed by atoms with Gasteiger partial charge in [-0.2, -0.15) is 5.26 Å². The monoisotopic (exact) mass is 255 g/mol. The van der Waals surface area contributed by atoms with Crippen LogP contribution in [0.1, 0.15) is 19.3 Å². The molecule has 1 aliphatic rings. The van der Waals surface area contributed by atoms with Gasteiger partial charge in [0.05, 0.1) is 18.6 Å². The third kappa shape index (κ3) is 4.22. The van der Waals surface area contributed by atoms with Gasteiger partial charge >= 0.3 is 12.0 Å². The lowest BCUT2D eigenvalue weighted by molar-refractivity contribution is -0.149. The van der Waals surface area contributed by atoms with Gasteiger partial charge in [0.15, 0.2) is 6.10 Å². The third-order valence-electron chi connectivity index (χ3n) is 2.77. The number of carbonyl (C=O) groups is 2. The molecule has 0 aromatic carbocycles.